The van der Waals surface area contributed by atoms with Crippen LogP contribution in [0.1, 0.15) is 22.8 Å². The summed E-state index contributed by atoms with van der Waals surface area (Å²) in [5.74, 6) is 0.199. The van der Waals surface area contributed by atoms with E-state index in [1.807, 2.05) is 24.3 Å². The van der Waals surface area contributed by atoms with Gasteiger partial charge in [-0.05, 0) is 29.8 Å². The fraction of sp³-hybridized carbons (Fsp3) is 0.176. The van der Waals surface area contributed by atoms with E-state index in [1.54, 1.807) is 24.3 Å². The molecule has 0 atom stereocenters. The van der Waals surface area contributed by atoms with Crippen molar-refractivity contribution in [3.8, 4) is 5.75 Å². The Morgan fingerprint density at radius 2 is 1.86 bits per heavy atom. The number of nitrogens with one attached hydrogen (secondary N) is 2. The molecule has 0 saturated carbocycles. The van der Waals surface area contributed by atoms with Gasteiger partial charge in [0.15, 0.2) is 0 Å². The number of rotatable bonds is 5. The number of hydrogen-bond acceptors (Lipinski definition) is 3. The highest BCUT2D eigenvalue weighted by Crippen LogP contribution is 2.17. The molecule has 0 saturated heterocycles. The van der Waals surface area contributed by atoms with Gasteiger partial charge in [0.05, 0.1) is 12.7 Å². The molecule has 2 aromatic carbocycles. The highest BCUT2D eigenvalue weighted by Gasteiger charge is 2.10. The maximum atomic E-state index is 12.2. The molecule has 22 heavy (non-hydrogen) atoms. The van der Waals surface area contributed by atoms with Crippen LogP contribution in [0.4, 0.5) is 5.69 Å². The van der Waals surface area contributed by atoms with Crippen LogP contribution in [0.2, 0.25) is 0 Å². The van der Waals surface area contributed by atoms with Crippen LogP contribution in [-0.4, -0.2) is 18.9 Å². The van der Waals surface area contributed by atoms with E-state index in [2.05, 4.69) is 10.6 Å². The van der Waals surface area contributed by atoms with Gasteiger partial charge in [0, 0.05) is 19.2 Å². The molecule has 2 aromatic rings. The normalized spacial score (nSPS) is 9.91. The van der Waals surface area contributed by atoms with Crippen LogP contribution < -0.4 is 15.4 Å². The minimum absolute atomic E-state index is 0.129. The Bertz CT molecular complexity index is 683. The molecule has 0 unspecified atom stereocenters. The van der Waals surface area contributed by atoms with Crippen molar-refractivity contribution < 1.29 is 14.3 Å². The van der Waals surface area contributed by atoms with E-state index >= 15 is 0 Å². The van der Waals surface area contributed by atoms with Gasteiger partial charge in [0.25, 0.3) is 5.91 Å². The fourth-order valence-electron chi connectivity index (χ4n) is 2.07. The molecule has 5 heteroatoms. The molecule has 0 aromatic heterocycles. The topological polar surface area (TPSA) is 67.4 Å². The third-order valence-electron chi connectivity index (χ3n) is 3.05. The monoisotopic (exact) mass is 298 g/mol. The van der Waals surface area contributed by atoms with Gasteiger partial charge in [-0.15, -0.1) is 0 Å². The van der Waals surface area contributed by atoms with Crippen molar-refractivity contribution >= 4 is 17.5 Å². The number of para-hydroxylation sites is 1. The number of carbonyl (C=O) groups excluding carboxylic acids is 2. The zero-order valence-corrected chi connectivity index (χ0v) is 12.6. The largest absolute Gasteiger partial charge is 0.496 e. The molecule has 114 valence electrons. The number of ether oxygens (including phenoxy) is 1. The zero-order valence-electron chi connectivity index (χ0n) is 12.6. The summed E-state index contributed by atoms with van der Waals surface area (Å²) >= 11 is 0. The molecule has 0 aliphatic heterocycles. The molecule has 0 aliphatic rings. The van der Waals surface area contributed by atoms with Crippen molar-refractivity contribution in [1.29, 1.82) is 0 Å². The van der Waals surface area contributed by atoms with E-state index in [9.17, 15) is 9.59 Å². The van der Waals surface area contributed by atoms with Gasteiger partial charge >= 0.3 is 0 Å². The number of hydrogen-bond donors (Lipinski definition) is 2. The summed E-state index contributed by atoms with van der Waals surface area (Å²) in [5.41, 5.74) is 2.09. The predicted molar refractivity (Wildman–Crippen MR) is 84.9 cm³/mol. The zero-order chi connectivity index (χ0) is 15.9. The standard InChI is InChI=1S/C17H18N2O3/c1-12(20)19-14-7-5-6-13(10-14)11-18-17(21)15-8-3-4-9-16(15)22-2/h3-10H,11H2,1-2H3,(H,18,21)(H,19,20). The first kappa shape index (κ1) is 15.6. The smallest absolute Gasteiger partial charge is 0.255 e. The Balaban J connectivity index is 2.03. The molecule has 0 bridgehead atoms. The van der Waals surface area contributed by atoms with Crippen LogP contribution in [0.3, 0.4) is 0 Å². The van der Waals surface area contributed by atoms with Gasteiger partial charge in [-0.3, -0.25) is 9.59 Å². The Hall–Kier alpha value is -2.82. The lowest BCUT2D eigenvalue weighted by atomic mass is 10.1. The lowest BCUT2D eigenvalue weighted by molar-refractivity contribution is -0.114. The number of anilines is 1. The molecule has 2 amide bonds. The molecule has 2 N–H and O–H groups in total. The summed E-state index contributed by atoms with van der Waals surface area (Å²) in [4.78, 5) is 23.3. The first-order valence-corrected chi connectivity index (χ1v) is 6.88. The van der Waals surface area contributed by atoms with E-state index in [4.69, 9.17) is 4.74 Å². The van der Waals surface area contributed by atoms with Crippen LogP contribution in [0.15, 0.2) is 48.5 Å². The van der Waals surface area contributed by atoms with Crippen molar-refractivity contribution in [3.63, 3.8) is 0 Å². The van der Waals surface area contributed by atoms with Crippen molar-refractivity contribution in [2.45, 2.75) is 13.5 Å². The quantitative estimate of drug-likeness (QED) is 0.891. The van der Waals surface area contributed by atoms with Crippen LogP contribution >= 0.6 is 0 Å². The van der Waals surface area contributed by atoms with E-state index in [1.165, 1.54) is 14.0 Å². The summed E-state index contributed by atoms with van der Waals surface area (Å²) in [7, 11) is 1.53. The maximum Gasteiger partial charge on any atom is 0.255 e. The molecule has 0 aliphatic carbocycles. The summed E-state index contributed by atoms with van der Waals surface area (Å²) < 4.78 is 5.17. The average molecular weight is 298 g/mol. The highest BCUT2D eigenvalue weighted by molar-refractivity contribution is 5.96. The minimum Gasteiger partial charge on any atom is -0.496 e. The summed E-state index contributed by atoms with van der Waals surface area (Å²) in [6, 6.07) is 14.4. The second-order valence-corrected chi connectivity index (χ2v) is 4.76. The highest BCUT2D eigenvalue weighted by atomic mass is 16.5. The molecular weight excluding hydrogens is 280 g/mol. The van der Waals surface area contributed by atoms with Crippen molar-refractivity contribution in [3.05, 3.63) is 59.7 Å². The molecule has 0 radical (unpaired) electrons. The Morgan fingerprint density at radius 3 is 2.59 bits per heavy atom. The van der Waals surface area contributed by atoms with Crippen molar-refractivity contribution in [2.75, 3.05) is 12.4 Å². The van der Waals surface area contributed by atoms with E-state index in [0.29, 0.717) is 23.5 Å². The van der Waals surface area contributed by atoms with Gasteiger partial charge in [-0.2, -0.15) is 0 Å². The van der Waals surface area contributed by atoms with Gasteiger partial charge in [0.2, 0.25) is 5.91 Å². The van der Waals surface area contributed by atoms with Crippen LogP contribution in [-0.2, 0) is 11.3 Å². The van der Waals surface area contributed by atoms with Gasteiger partial charge < -0.3 is 15.4 Å². The predicted octanol–water partition coefficient (Wildman–Crippen LogP) is 2.58. The van der Waals surface area contributed by atoms with Gasteiger partial charge in [-0.25, -0.2) is 0 Å². The molecule has 0 fully saturated rings. The number of methoxy groups -OCH3 is 1. The van der Waals surface area contributed by atoms with Crippen LogP contribution in [0.5, 0.6) is 5.75 Å². The lowest BCUT2D eigenvalue weighted by Crippen LogP contribution is -2.23. The Kier molecular flexibility index (Phi) is 5.14. The van der Waals surface area contributed by atoms with E-state index in [-0.39, 0.29) is 11.8 Å². The van der Waals surface area contributed by atoms with Crippen molar-refractivity contribution in [2.24, 2.45) is 0 Å². The minimum atomic E-state index is -0.206. The Morgan fingerprint density at radius 1 is 1.09 bits per heavy atom. The molecular formula is C17H18N2O3. The first-order chi connectivity index (χ1) is 10.6. The van der Waals surface area contributed by atoms with Crippen LogP contribution in [0, 0.1) is 0 Å². The molecule has 0 spiro atoms. The average Bonchev–Trinajstić information content (AvgIpc) is 2.52. The molecule has 0 heterocycles. The van der Waals surface area contributed by atoms with Crippen molar-refractivity contribution in [1.82, 2.24) is 5.32 Å². The third kappa shape index (κ3) is 4.09. The third-order valence-corrected chi connectivity index (χ3v) is 3.05. The van der Waals surface area contributed by atoms with E-state index < -0.39 is 0 Å². The summed E-state index contributed by atoms with van der Waals surface area (Å²) in [6.45, 7) is 1.82. The lowest BCUT2D eigenvalue weighted by Gasteiger charge is -2.10. The maximum absolute atomic E-state index is 12.2. The van der Waals surface area contributed by atoms with Gasteiger partial charge in [0.1, 0.15) is 5.75 Å². The van der Waals surface area contributed by atoms with Gasteiger partial charge in [-0.1, -0.05) is 24.3 Å². The number of benzene rings is 2. The summed E-state index contributed by atoms with van der Waals surface area (Å²) in [6.07, 6.45) is 0. The molecule has 2 rings (SSSR count). The second kappa shape index (κ2) is 7.26. The first-order valence-electron chi connectivity index (χ1n) is 6.88. The van der Waals surface area contributed by atoms with Crippen LogP contribution in [0.25, 0.3) is 0 Å². The summed E-state index contributed by atoms with van der Waals surface area (Å²) in [5, 5.41) is 5.55. The SMILES string of the molecule is COc1ccccc1C(=O)NCc1cccc(NC(C)=O)c1. The fourth-order valence-corrected chi connectivity index (χ4v) is 2.07. The molecule has 5 nitrogen and oxygen atoms in total. The second-order valence-electron chi connectivity index (χ2n) is 4.76. The van der Waals surface area contributed by atoms with E-state index in [0.717, 1.165) is 5.56 Å². The Labute approximate surface area is 129 Å². The number of carbonyl (C=O) groups is 2. The number of amides is 2.